The van der Waals surface area contributed by atoms with Crippen LogP contribution in [-0.2, 0) is 0 Å². The van der Waals surface area contributed by atoms with Gasteiger partial charge in [-0.15, -0.1) is 8.58 Å². The molecule has 1 aliphatic carbocycles. The maximum absolute atomic E-state index is 2.74. The molecule has 0 aromatic heterocycles. The van der Waals surface area contributed by atoms with Gasteiger partial charge in [-0.3, -0.25) is 4.90 Å². The van der Waals surface area contributed by atoms with Gasteiger partial charge in [0.15, 0.2) is 0 Å². The summed E-state index contributed by atoms with van der Waals surface area (Å²) in [6.07, 6.45) is 5.81. The first-order chi connectivity index (χ1) is 5.86. The van der Waals surface area contributed by atoms with Crippen LogP contribution in [0.25, 0.3) is 0 Å². The molecule has 12 heavy (non-hydrogen) atoms. The van der Waals surface area contributed by atoms with Gasteiger partial charge >= 0.3 is 0 Å². The van der Waals surface area contributed by atoms with Gasteiger partial charge in [0.05, 0.1) is 0 Å². The number of rotatable bonds is 4. The number of hydrogen-bond acceptors (Lipinski definition) is 1. The molecule has 0 bridgehead atoms. The molecule has 1 aliphatic heterocycles. The van der Waals surface area contributed by atoms with Crippen molar-refractivity contribution in [2.45, 2.75) is 50.3 Å². The molecule has 1 heterocycles. The number of nitrogens with zero attached hydrogens (tertiary/aromatic N) is 1. The Bertz CT molecular complexity index is 158. The Balaban J connectivity index is 1.74. The van der Waals surface area contributed by atoms with E-state index in [2.05, 4.69) is 18.5 Å². The van der Waals surface area contributed by atoms with Crippen LogP contribution in [0, 0.1) is 0 Å². The molecule has 0 aromatic carbocycles. The van der Waals surface area contributed by atoms with E-state index in [4.69, 9.17) is 0 Å². The molecule has 70 valence electrons. The van der Waals surface area contributed by atoms with Crippen molar-refractivity contribution in [3.63, 3.8) is 0 Å². The topological polar surface area (TPSA) is 3.01 Å². The van der Waals surface area contributed by atoms with E-state index in [-0.39, 0.29) is 0 Å². The summed E-state index contributed by atoms with van der Waals surface area (Å²) in [4.78, 5) is 2.74. The van der Waals surface area contributed by atoms with Crippen LogP contribution in [0.4, 0.5) is 0 Å². The fourth-order valence-corrected chi connectivity index (χ4v) is 3.61. The molecule has 0 aromatic rings. The highest BCUT2D eigenvalue weighted by atomic mass is 31.1. The largest absolute Gasteiger partial charge is 0.294 e. The third-order valence-corrected chi connectivity index (χ3v) is 4.83. The predicted octanol–water partition coefficient (Wildman–Crippen LogP) is 2.31. The highest BCUT2D eigenvalue weighted by molar-refractivity contribution is 7.38. The van der Waals surface area contributed by atoms with Crippen molar-refractivity contribution in [3.05, 3.63) is 0 Å². The highest BCUT2D eigenvalue weighted by Gasteiger charge is 2.45. The molecule has 0 radical (unpaired) electrons. The Morgan fingerprint density at radius 3 is 2.75 bits per heavy atom. The minimum atomic E-state index is 0.985. The molecule has 1 nitrogen and oxygen atoms in total. The third kappa shape index (κ3) is 1.54. The quantitative estimate of drug-likeness (QED) is 0.480. The molecule has 1 saturated heterocycles. The van der Waals surface area contributed by atoms with Gasteiger partial charge in [0.1, 0.15) is 0 Å². The van der Waals surface area contributed by atoms with E-state index >= 15 is 0 Å². The maximum Gasteiger partial charge on any atom is 0.0227 e. The van der Waals surface area contributed by atoms with E-state index in [9.17, 15) is 0 Å². The number of hydrogen-bond donors (Lipinski definition) is 0. The smallest absolute Gasteiger partial charge is 0.0227 e. The van der Waals surface area contributed by atoms with E-state index in [0.717, 1.165) is 17.7 Å². The van der Waals surface area contributed by atoms with Crippen molar-refractivity contribution < 1.29 is 0 Å². The van der Waals surface area contributed by atoms with Gasteiger partial charge in [-0.2, -0.15) is 0 Å². The first-order valence-corrected chi connectivity index (χ1v) is 6.87. The van der Waals surface area contributed by atoms with Crippen LogP contribution in [0.5, 0.6) is 0 Å². The Labute approximate surface area is 77.7 Å². The second kappa shape index (κ2) is 3.64. The zero-order valence-electron chi connectivity index (χ0n) is 8.21. The van der Waals surface area contributed by atoms with Crippen molar-refractivity contribution in [1.82, 2.24) is 4.90 Å². The van der Waals surface area contributed by atoms with Crippen LogP contribution in [0.2, 0.25) is 0 Å². The van der Waals surface area contributed by atoms with E-state index < -0.39 is 0 Å². The molecule has 0 N–H and O–H groups in total. The molecular formula is C10H20NP. The van der Waals surface area contributed by atoms with E-state index in [1.54, 1.807) is 0 Å². The molecule has 2 aliphatic rings. The van der Waals surface area contributed by atoms with E-state index in [0.29, 0.717) is 0 Å². The van der Waals surface area contributed by atoms with E-state index in [1.807, 2.05) is 0 Å². The summed E-state index contributed by atoms with van der Waals surface area (Å²) in [7, 11) is 1.18. The van der Waals surface area contributed by atoms with Crippen molar-refractivity contribution >= 4 is 8.58 Å². The minimum Gasteiger partial charge on any atom is -0.294 e. The van der Waals surface area contributed by atoms with Crippen LogP contribution in [-0.4, -0.2) is 35.9 Å². The zero-order chi connectivity index (χ0) is 8.55. The summed E-state index contributed by atoms with van der Waals surface area (Å²) < 4.78 is 0. The van der Waals surface area contributed by atoms with Gasteiger partial charge in [0, 0.05) is 18.6 Å². The van der Waals surface area contributed by atoms with Crippen molar-refractivity contribution in [2.24, 2.45) is 0 Å². The van der Waals surface area contributed by atoms with Crippen LogP contribution in [0.3, 0.4) is 0 Å². The Kier molecular flexibility index (Phi) is 2.72. The lowest BCUT2D eigenvalue weighted by Crippen LogP contribution is -2.40. The lowest BCUT2D eigenvalue weighted by molar-refractivity contribution is 0.250. The summed E-state index contributed by atoms with van der Waals surface area (Å²) in [6.45, 7) is 6.09. The zero-order valence-corrected chi connectivity index (χ0v) is 9.21. The van der Waals surface area contributed by atoms with Gasteiger partial charge in [-0.05, 0) is 31.6 Å². The Morgan fingerprint density at radius 1 is 1.42 bits per heavy atom. The van der Waals surface area contributed by atoms with Crippen LogP contribution >= 0.6 is 8.58 Å². The fraction of sp³-hybridized carbons (Fsp3) is 1.00. The lowest BCUT2D eigenvalue weighted by Gasteiger charge is -2.37. The summed E-state index contributed by atoms with van der Waals surface area (Å²) in [6, 6.07) is 1.99. The molecule has 2 heteroatoms. The molecule has 2 rings (SSSR count). The van der Waals surface area contributed by atoms with Crippen LogP contribution in [0.15, 0.2) is 0 Å². The highest BCUT2D eigenvalue weighted by Crippen LogP contribution is 2.42. The maximum atomic E-state index is 2.74. The Hall–Kier alpha value is 0.390. The van der Waals surface area contributed by atoms with Crippen molar-refractivity contribution in [2.75, 3.05) is 13.2 Å². The second-order valence-electron chi connectivity index (χ2n) is 4.18. The first kappa shape index (κ1) is 8.97. The SMILES string of the molecule is CCC[C@@H]1CN1[C@H]1CC[C@H]1PC. The molecule has 1 saturated carbocycles. The second-order valence-corrected chi connectivity index (χ2v) is 5.50. The van der Waals surface area contributed by atoms with Gasteiger partial charge < -0.3 is 0 Å². The predicted molar refractivity (Wildman–Crippen MR) is 56.5 cm³/mol. The standard InChI is InChI=1S/C10H20NP/c1-3-4-8-7-11(8)9-5-6-10(9)12-2/h8-10,12H,3-7H2,1-2H3/t8-,9+,10-,11?/m1/s1. The molecule has 2 fully saturated rings. The molecule has 0 amide bonds. The lowest BCUT2D eigenvalue weighted by atomic mass is 9.92. The van der Waals surface area contributed by atoms with Gasteiger partial charge in [0.25, 0.3) is 0 Å². The Morgan fingerprint density at radius 2 is 2.25 bits per heavy atom. The molecule has 0 spiro atoms. The average molecular weight is 185 g/mol. The normalized spacial score (nSPS) is 46.5. The third-order valence-electron chi connectivity index (χ3n) is 3.41. The van der Waals surface area contributed by atoms with Gasteiger partial charge in [0.2, 0.25) is 0 Å². The molecular weight excluding hydrogens is 165 g/mol. The fourth-order valence-electron chi connectivity index (χ4n) is 2.41. The molecule has 2 unspecified atom stereocenters. The minimum absolute atomic E-state index is 0.985. The average Bonchev–Trinajstić information content (AvgIpc) is 2.68. The summed E-state index contributed by atoms with van der Waals surface area (Å²) in [5.74, 6) is 0. The summed E-state index contributed by atoms with van der Waals surface area (Å²) in [5, 5.41) is 0. The summed E-state index contributed by atoms with van der Waals surface area (Å²) >= 11 is 0. The van der Waals surface area contributed by atoms with Crippen LogP contribution < -0.4 is 0 Å². The van der Waals surface area contributed by atoms with E-state index in [1.165, 1.54) is 40.8 Å². The van der Waals surface area contributed by atoms with Crippen LogP contribution in [0.1, 0.15) is 32.6 Å². The summed E-state index contributed by atoms with van der Waals surface area (Å²) in [5.41, 5.74) is 1.08. The van der Waals surface area contributed by atoms with Crippen molar-refractivity contribution in [1.29, 1.82) is 0 Å². The van der Waals surface area contributed by atoms with Gasteiger partial charge in [-0.1, -0.05) is 13.3 Å². The van der Waals surface area contributed by atoms with Crippen molar-refractivity contribution in [3.8, 4) is 0 Å². The molecule has 5 atom stereocenters. The monoisotopic (exact) mass is 185 g/mol. The first-order valence-electron chi connectivity index (χ1n) is 5.29. The van der Waals surface area contributed by atoms with Gasteiger partial charge in [-0.25, -0.2) is 0 Å².